The third kappa shape index (κ3) is 5.82. The van der Waals surface area contributed by atoms with Crippen molar-refractivity contribution in [2.75, 3.05) is 12.9 Å². The number of ether oxygens (including phenoxy) is 2. The predicted molar refractivity (Wildman–Crippen MR) is 89.9 cm³/mol. The number of aliphatic hydroxyl groups excluding tert-OH is 1. The summed E-state index contributed by atoms with van der Waals surface area (Å²) in [6, 6.07) is 9.35. The molecule has 1 aliphatic heterocycles. The Morgan fingerprint density at radius 3 is 2.62 bits per heavy atom. The highest BCUT2D eigenvalue weighted by molar-refractivity contribution is 7.86. The quantitative estimate of drug-likeness (QED) is 0.568. The minimum absolute atomic E-state index is 0.0438. The first kappa shape index (κ1) is 19.3. The topological polar surface area (TPSA) is 82.1 Å². The van der Waals surface area contributed by atoms with Crippen LogP contribution in [0.25, 0.3) is 0 Å². The van der Waals surface area contributed by atoms with Gasteiger partial charge in [-0.15, -0.1) is 0 Å². The number of unbranched alkanes of at least 4 members (excludes halogenated alkanes) is 2. The van der Waals surface area contributed by atoms with Gasteiger partial charge < -0.3 is 14.6 Å². The van der Waals surface area contributed by atoms with Gasteiger partial charge in [0.25, 0.3) is 10.1 Å². The van der Waals surface area contributed by atoms with E-state index in [9.17, 15) is 13.5 Å². The Morgan fingerprint density at radius 2 is 2.00 bits per heavy atom. The molecule has 0 saturated carbocycles. The maximum atomic E-state index is 11.5. The number of benzene rings is 1. The molecule has 1 aromatic rings. The van der Waals surface area contributed by atoms with Crippen molar-refractivity contribution in [1.82, 2.24) is 0 Å². The second-order valence-corrected chi connectivity index (χ2v) is 7.68. The van der Waals surface area contributed by atoms with Crippen LogP contribution in [0.3, 0.4) is 0 Å². The summed E-state index contributed by atoms with van der Waals surface area (Å²) in [5, 5.41) is 10.5. The maximum absolute atomic E-state index is 11.5. The molecular formula is C17H26O6S. The van der Waals surface area contributed by atoms with Gasteiger partial charge in [-0.2, -0.15) is 8.42 Å². The minimum atomic E-state index is -3.67. The molecule has 0 amide bonds. The third-order valence-electron chi connectivity index (χ3n) is 3.91. The highest BCUT2D eigenvalue weighted by Crippen LogP contribution is 2.30. The number of hydrogen-bond donors (Lipinski definition) is 1. The van der Waals surface area contributed by atoms with Gasteiger partial charge in [0.15, 0.2) is 6.29 Å². The lowest BCUT2D eigenvalue weighted by Crippen LogP contribution is -2.49. The van der Waals surface area contributed by atoms with Gasteiger partial charge in [-0.05, 0) is 6.42 Å². The summed E-state index contributed by atoms with van der Waals surface area (Å²) in [6.45, 7) is 2.13. The Hall–Kier alpha value is -0.990. The average Bonchev–Trinajstić information content (AvgIpc) is 2.54. The van der Waals surface area contributed by atoms with Crippen molar-refractivity contribution >= 4 is 10.1 Å². The molecular weight excluding hydrogens is 332 g/mol. The van der Waals surface area contributed by atoms with Crippen LogP contribution in [-0.4, -0.2) is 44.7 Å². The Kier molecular flexibility index (Phi) is 7.18. The number of rotatable bonds is 8. The van der Waals surface area contributed by atoms with Crippen LogP contribution in [0.5, 0.6) is 0 Å². The van der Waals surface area contributed by atoms with E-state index in [0.29, 0.717) is 6.42 Å². The summed E-state index contributed by atoms with van der Waals surface area (Å²) < 4.78 is 39.5. The second-order valence-electron chi connectivity index (χ2n) is 6.08. The number of hydrogen-bond acceptors (Lipinski definition) is 6. The van der Waals surface area contributed by atoms with Gasteiger partial charge in [-0.1, -0.05) is 56.5 Å². The van der Waals surface area contributed by atoms with E-state index in [-0.39, 0.29) is 6.61 Å². The molecule has 1 aromatic carbocycles. The Balaban J connectivity index is 2.09. The van der Waals surface area contributed by atoms with Crippen LogP contribution < -0.4 is 0 Å². The highest BCUT2D eigenvalue weighted by atomic mass is 32.2. The van der Waals surface area contributed by atoms with Gasteiger partial charge in [0.1, 0.15) is 12.2 Å². The zero-order valence-corrected chi connectivity index (χ0v) is 14.9. The van der Waals surface area contributed by atoms with E-state index in [1.54, 1.807) is 0 Å². The summed E-state index contributed by atoms with van der Waals surface area (Å²) in [5.41, 5.74) is 0.820. The van der Waals surface area contributed by atoms with Crippen molar-refractivity contribution in [2.45, 2.75) is 57.2 Å². The van der Waals surface area contributed by atoms with Gasteiger partial charge in [-0.25, -0.2) is 0 Å². The second kappa shape index (κ2) is 8.92. The van der Waals surface area contributed by atoms with E-state index >= 15 is 0 Å². The molecule has 7 heteroatoms. The molecule has 136 valence electrons. The summed E-state index contributed by atoms with van der Waals surface area (Å²) in [7, 11) is -3.67. The molecule has 0 aromatic heterocycles. The number of aliphatic hydroxyl groups is 1. The molecule has 2 rings (SSSR count). The van der Waals surface area contributed by atoms with E-state index in [2.05, 4.69) is 6.92 Å². The van der Waals surface area contributed by atoms with Gasteiger partial charge in [0, 0.05) is 5.56 Å². The van der Waals surface area contributed by atoms with Crippen LogP contribution in [0, 0.1) is 0 Å². The van der Waals surface area contributed by atoms with Crippen LogP contribution in [0.4, 0.5) is 0 Å². The SMILES string of the molecule is CCCCC[C@H](O)[C@H]1O[C@@H](c2ccccc2)OC[C@H]1OS(C)(=O)=O. The van der Waals surface area contributed by atoms with Crippen molar-refractivity contribution in [1.29, 1.82) is 0 Å². The first-order chi connectivity index (χ1) is 11.4. The van der Waals surface area contributed by atoms with Crippen LogP contribution in [0.2, 0.25) is 0 Å². The van der Waals surface area contributed by atoms with Crippen molar-refractivity contribution in [3.63, 3.8) is 0 Å². The van der Waals surface area contributed by atoms with Gasteiger partial charge in [0.05, 0.1) is 19.0 Å². The van der Waals surface area contributed by atoms with E-state index < -0.39 is 34.7 Å². The molecule has 4 atom stereocenters. The minimum Gasteiger partial charge on any atom is -0.390 e. The standard InChI is InChI=1S/C17H26O6S/c1-3-4-6-11-14(18)16-15(23-24(2,19)20)12-21-17(22-16)13-9-7-5-8-10-13/h5,7-10,14-18H,3-4,6,11-12H2,1-2H3/t14-,15+,16+,17-/m0/s1. The molecule has 1 fully saturated rings. The normalized spacial score (nSPS) is 26.2. The Bertz CT molecular complexity index is 588. The lowest BCUT2D eigenvalue weighted by Gasteiger charge is -2.38. The molecule has 24 heavy (non-hydrogen) atoms. The molecule has 6 nitrogen and oxygen atoms in total. The molecule has 1 aliphatic rings. The zero-order valence-electron chi connectivity index (χ0n) is 14.1. The van der Waals surface area contributed by atoms with Gasteiger partial charge >= 0.3 is 0 Å². The van der Waals surface area contributed by atoms with E-state index in [1.807, 2.05) is 30.3 Å². The summed E-state index contributed by atoms with van der Waals surface area (Å²) in [6.07, 6.45) is 1.35. The average molecular weight is 358 g/mol. The van der Waals surface area contributed by atoms with Crippen LogP contribution in [0.15, 0.2) is 30.3 Å². The fourth-order valence-electron chi connectivity index (χ4n) is 2.74. The fraction of sp³-hybridized carbons (Fsp3) is 0.647. The van der Waals surface area contributed by atoms with Gasteiger partial charge in [-0.3, -0.25) is 4.18 Å². The van der Waals surface area contributed by atoms with E-state index in [0.717, 1.165) is 31.1 Å². The van der Waals surface area contributed by atoms with Crippen LogP contribution >= 0.6 is 0 Å². The molecule has 1 saturated heterocycles. The van der Waals surface area contributed by atoms with Crippen molar-refractivity contribution in [2.24, 2.45) is 0 Å². The summed E-state index contributed by atoms with van der Waals surface area (Å²) in [5.74, 6) is 0. The Morgan fingerprint density at radius 1 is 1.29 bits per heavy atom. The van der Waals surface area contributed by atoms with Crippen molar-refractivity contribution in [3.8, 4) is 0 Å². The molecule has 0 aliphatic carbocycles. The first-order valence-electron chi connectivity index (χ1n) is 8.29. The first-order valence-corrected chi connectivity index (χ1v) is 10.1. The summed E-state index contributed by atoms with van der Waals surface area (Å²) in [4.78, 5) is 0. The molecule has 0 spiro atoms. The lowest BCUT2D eigenvalue weighted by molar-refractivity contribution is -0.270. The Labute approximate surface area is 143 Å². The third-order valence-corrected chi connectivity index (χ3v) is 4.51. The molecule has 1 heterocycles. The molecule has 0 unspecified atom stereocenters. The molecule has 1 N–H and O–H groups in total. The van der Waals surface area contributed by atoms with Crippen molar-refractivity contribution < 1.29 is 27.2 Å². The van der Waals surface area contributed by atoms with E-state index in [1.165, 1.54) is 0 Å². The molecule has 0 radical (unpaired) electrons. The summed E-state index contributed by atoms with van der Waals surface area (Å²) >= 11 is 0. The zero-order chi connectivity index (χ0) is 17.6. The largest absolute Gasteiger partial charge is 0.390 e. The lowest BCUT2D eigenvalue weighted by atomic mass is 10.0. The van der Waals surface area contributed by atoms with Crippen molar-refractivity contribution in [3.05, 3.63) is 35.9 Å². The smallest absolute Gasteiger partial charge is 0.264 e. The molecule has 0 bridgehead atoms. The van der Waals surface area contributed by atoms with Gasteiger partial charge in [0.2, 0.25) is 0 Å². The monoisotopic (exact) mass is 358 g/mol. The predicted octanol–water partition coefficient (Wildman–Crippen LogP) is 2.39. The maximum Gasteiger partial charge on any atom is 0.264 e. The fourth-order valence-corrected chi connectivity index (χ4v) is 3.36. The van der Waals surface area contributed by atoms with Crippen LogP contribution in [-0.2, 0) is 23.8 Å². The van der Waals surface area contributed by atoms with Crippen LogP contribution in [0.1, 0.15) is 44.5 Å². The van der Waals surface area contributed by atoms with E-state index in [4.69, 9.17) is 13.7 Å². The highest BCUT2D eigenvalue weighted by Gasteiger charge is 2.39.